The first kappa shape index (κ1) is 9.84. The van der Waals surface area contributed by atoms with Gasteiger partial charge < -0.3 is 4.52 Å². The van der Waals surface area contributed by atoms with E-state index in [1.165, 1.54) is 0 Å². The van der Waals surface area contributed by atoms with Crippen LogP contribution >= 0.6 is 7.37 Å². The van der Waals surface area contributed by atoms with Gasteiger partial charge in [0.1, 0.15) is 6.10 Å². The van der Waals surface area contributed by atoms with Gasteiger partial charge in [-0.15, -0.1) is 6.42 Å². The molecule has 68 valence electrons. The minimum atomic E-state index is -2.40. The molecule has 2 nitrogen and oxygen atoms in total. The summed E-state index contributed by atoms with van der Waals surface area (Å²) in [6.07, 6.45) is 5.68. The fourth-order valence-electron chi connectivity index (χ4n) is 1.55. The standard InChI is InChI=1S/C9H15O2P/c1-5-9-8(3)7(2)6-12(4,10)11-9/h1,7-9H,6H2,2-4H3. The van der Waals surface area contributed by atoms with Gasteiger partial charge in [0.2, 0.25) is 7.37 Å². The summed E-state index contributed by atoms with van der Waals surface area (Å²) < 4.78 is 17.0. The van der Waals surface area contributed by atoms with Crippen LogP contribution in [-0.2, 0) is 9.09 Å². The molecule has 0 bridgehead atoms. The predicted octanol–water partition coefficient (Wildman–Crippen LogP) is 2.20. The van der Waals surface area contributed by atoms with E-state index in [0.717, 1.165) is 0 Å². The van der Waals surface area contributed by atoms with Crippen LogP contribution in [0.3, 0.4) is 0 Å². The Bertz CT molecular complexity index is 254. The van der Waals surface area contributed by atoms with Crippen LogP contribution in [0.25, 0.3) is 0 Å². The first-order valence-electron chi connectivity index (χ1n) is 4.17. The fraction of sp³-hybridized carbons (Fsp3) is 0.778. The monoisotopic (exact) mass is 186 g/mol. The van der Waals surface area contributed by atoms with Crippen molar-refractivity contribution in [3.63, 3.8) is 0 Å². The quantitative estimate of drug-likeness (QED) is 0.428. The Labute approximate surface area is 74.1 Å². The fourth-order valence-corrected chi connectivity index (χ4v) is 3.75. The van der Waals surface area contributed by atoms with Crippen LogP contribution in [0.2, 0.25) is 0 Å². The summed E-state index contributed by atoms with van der Waals surface area (Å²) in [6, 6.07) is 0. The summed E-state index contributed by atoms with van der Waals surface area (Å²) in [5.41, 5.74) is 0. The number of hydrogen-bond acceptors (Lipinski definition) is 2. The second-order valence-electron chi connectivity index (χ2n) is 3.73. The maximum atomic E-state index is 11.6. The lowest BCUT2D eigenvalue weighted by Gasteiger charge is -2.34. The van der Waals surface area contributed by atoms with Gasteiger partial charge in [-0.25, -0.2) is 0 Å². The largest absolute Gasteiger partial charge is 0.312 e. The van der Waals surface area contributed by atoms with Gasteiger partial charge in [-0.05, 0) is 11.8 Å². The second kappa shape index (κ2) is 3.24. The van der Waals surface area contributed by atoms with E-state index < -0.39 is 7.37 Å². The van der Waals surface area contributed by atoms with Crippen LogP contribution in [0.15, 0.2) is 0 Å². The molecule has 0 radical (unpaired) electrons. The lowest BCUT2D eigenvalue weighted by Crippen LogP contribution is -2.32. The summed E-state index contributed by atoms with van der Waals surface area (Å²) in [5, 5.41) is 0. The molecule has 0 aromatic rings. The molecule has 4 atom stereocenters. The van der Waals surface area contributed by atoms with E-state index in [0.29, 0.717) is 18.0 Å². The van der Waals surface area contributed by atoms with E-state index in [1.807, 2.05) is 6.92 Å². The van der Waals surface area contributed by atoms with Crippen LogP contribution in [0.1, 0.15) is 13.8 Å². The van der Waals surface area contributed by atoms with E-state index in [9.17, 15) is 4.57 Å². The Morgan fingerprint density at radius 1 is 1.58 bits per heavy atom. The minimum absolute atomic E-state index is 0.260. The Balaban J connectivity index is 2.80. The van der Waals surface area contributed by atoms with Crippen molar-refractivity contribution in [2.24, 2.45) is 11.8 Å². The third-order valence-corrected chi connectivity index (χ3v) is 4.41. The van der Waals surface area contributed by atoms with Crippen LogP contribution in [0, 0.1) is 24.2 Å². The van der Waals surface area contributed by atoms with E-state index in [1.54, 1.807) is 6.66 Å². The van der Waals surface area contributed by atoms with Crippen molar-refractivity contribution in [3.05, 3.63) is 0 Å². The SMILES string of the molecule is C#CC1OP(C)(=O)CC(C)C1C. The first-order valence-corrected chi connectivity index (χ1v) is 6.43. The zero-order chi connectivity index (χ0) is 9.35. The van der Waals surface area contributed by atoms with Gasteiger partial charge >= 0.3 is 0 Å². The Morgan fingerprint density at radius 3 is 2.67 bits per heavy atom. The summed E-state index contributed by atoms with van der Waals surface area (Å²) in [4.78, 5) is 0. The van der Waals surface area contributed by atoms with Crippen molar-refractivity contribution in [2.75, 3.05) is 12.8 Å². The van der Waals surface area contributed by atoms with Crippen molar-refractivity contribution in [1.82, 2.24) is 0 Å². The van der Waals surface area contributed by atoms with Crippen LogP contribution in [-0.4, -0.2) is 18.9 Å². The molecule has 0 saturated carbocycles. The zero-order valence-electron chi connectivity index (χ0n) is 7.78. The highest BCUT2D eigenvalue weighted by Gasteiger charge is 2.36. The van der Waals surface area contributed by atoms with E-state index in [-0.39, 0.29) is 6.10 Å². The molecule has 0 aromatic heterocycles. The van der Waals surface area contributed by atoms with Crippen LogP contribution in [0.4, 0.5) is 0 Å². The van der Waals surface area contributed by atoms with Gasteiger partial charge in [0.15, 0.2) is 0 Å². The van der Waals surface area contributed by atoms with Crippen molar-refractivity contribution >= 4 is 7.37 Å². The third kappa shape index (κ3) is 1.91. The lowest BCUT2D eigenvalue weighted by molar-refractivity contribution is 0.143. The molecule has 0 aliphatic carbocycles. The molecule has 3 heteroatoms. The second-order valence-corrected chi connectivity index (χ2v) is 6.33. The summed E-state index contributed by atoms with van der Waals surface area (Å²) in [6.45, 7) is 5.79. The molecule has 0 N–H and O–H groups in total. The molecular formula is C9H15O2P. The molecule has 12 heavy (non-hydrogen) atoms. The molecule has 1 aliphatic heterocycles. The normalized spacial score (nSPS) is 48.3. The Hall–Kier alpha value is -0.250. The average Bonchev–Trinajstić information content (AvgIpc) is 1.96. The van der Waals surface area contributed by atoms with E-state index in [2.05, 4.69) is 12.8 Å². The molecule has 1 fully saturated rings. The van der Waals surface area contributed by atoms with E-state index >= 15 is 0 Å². The van der Waals surface area contributed by atoms with Crippen molar-refractivity contribution in [3.8, 4) is 12.3 Å². The van der Waals surface area contributed by atoms with Gasteiger partial charge in [0.05, 0.1) is 0 Å². The van der Waals surface area contributed by atoms with Crippen LogP contribution in [0.5, 0.6) is 0 Å². The van der Waals surface area contributed by atoms with Crippen molar-refractivity contribution in [2.45, 2.75) is 20.0 Å². The van der Waals surface area contributed by atoms with Crippen LogP contribution < -0.4 is 0 Å². The van der Waals surface area contributed by atoms with E-state index in [4.69, 9.17) is 10.9 Å². The molecular weight excluding hydrogens is 171 g/mol. The molecule has 0 amide bonds. The Morgan fingerprint density at radius 2 is 2.17 bits per heavy atom. The average molecular weight is 186 g/mol. The third-order valence-electron chi connectivity index (χ3n) is 2.50. The predicted molar refractivity (Wildman–Crippen MR) is 50.4 cm³/mol. The van der Waals surface area contributed by atoms with Gasteiger partial charge in [0, 0.05) is 12.8 Å². The molecule has 4 unspecified atom stereocenters. The smallest absolute Gasteiger partial charge is 0.201 e. The van der Waals surface area contributed by atoms with Crippen molar-refractivity contribution in [1.29, 1.82) is 0 Å². The molecule has 1 saturated heterocycles. The number of rotatable bonds is 0. The highest BCUT2D eigenvalue weighted by atomic mass is 31.2. The maximum Gasteiger partial charge on any atom is 0.201 e. The van der Waals surface area contributed by atoms with Gasteiger partial charge in [-0.3, -0.25) is 4.57 Å². The number of terminal acetylenes is 1. The lowest BCUT2D eigenvalue weighted by atomic mass is 9.92. The maximum absolute atomic E-state index is 11.6. The molecule has 1 heterocycles. The molecule has 0 spiro atoms. The first-order chi connectivity index (χ1) is 5.46. The van der Waals surface area contributed by atoms with Gasteiger partial charge in [-0.1, -0.05) is 19.8 Å². The van der Waals surface area contributed by atoms with Gasteiger partial charge in [-0.2, -0.15) is 0 Å². The Kier molecular flexibility index (Phi) is 2.66. The van der Waals surface area contributed by atoms with Crippen molar-refractivity contribution < 1.29 is 9.09 Å². The highest BCUT2D eigenvalue weighted by molar-refractivity contribution is 7.58. The highest BCUT2D eigenvalue weighted by Crippen LogP contribution is 2.52. The number of hydrogen-bond donors (Lipinski definition) is 0. The summed E-state index contributed by atoms with van der Waals surface area (Å²) >= 11 is 0. The van der Waals surface area contributed by atoms with Gasteiger partial charge in [0.25, 0.3) is 0 Å². The summed E-state index contributed by atoms with van der Waals surface area (Å²) in [5.74, 6) is 3.26. The molecule has 1 aliphatic rings. The molecule has 0 aromatic carbocycles. The summed E-state index contributed by atoms with van der Waals surface area (Å²) in [7, 11) is -2.40. The zero-order valence-corrected chi connectivity index (χ0v) is 8.67. The minimum Gasteiger partial charge on any atom is -0.312 e. The molecule has 1 rings (SSSR count). The topological polar surface area (TPSA) is 26.3 Å².